The van der Waals surface area contributed by atoms with Gasteiger partial charge in [-0.3, -0.25) is 9.59 Å². The normalized spacial score (nSPS) is 22.0. The number of carbonyl (C=O) groups is 2. The summed E-state index contributed by atoms with van der Waals surface area (Å²) in [5, 5.41) is 3.21. The molecule has 0 bridgehead atoms. The van der Waals surface area contributed by atoms with Crippen LogP contribution in [0.1, 0.15) is 17.0 Å². The van der Waals surface area contributed by atoms with E-state index in [1.54, 1.807) is 17.0 Å². The molecule has 0 radical (unpaired) electrons. The Morgan fingerprint density at radius 2 is 1.90 bits per heavy atom. The van der Waals surface area contributed by atoms with Gasteiger partial charge in [-0.25, -0.2) is 0 Å². The molecule has 2 fully saturated rings. The van der Waals surface area contributed by atoms with E-state index in [1.807, 2.05) is 4.90 Å². The zero-order valence-electron chi connectivity index (χ0n) is 11.8. The number of nitrogens with zero attached hydrogens (tertiary/aromatic N) is 2. The Kier molecular flexibility index (Phi) is 5.25. The Hall–Kier alpha value is -1.53. The number of nitrogens with one attached hydrogen (secondary N) is 1. The largest absolute Gasteiger partial charge is 0.459 e. The van der Waals surface area contributed by atoms with Crippen molar-refractivity contribution in [3.63, 3.8) is 0 Å². The van der Waals surface area contributed by atoms with E-state index in [2.05, 4.69) is 5.32 Å². The van der Waals surface area contributed by atoms with Gasteiger partial charge in [-0.1, -0.05) is 0 Å². The fourth-order valence-corrected chi connectivity index (χ4v) is 2.81. The van der Waals surface area contributed by atoms with E-state index < -0.39 is 0 Å². The standard InChI is InChI=1S/C14H19N3O3.ClH/c18-13(11-3-4-15-10-11)16-5-7-17(8-6-16)14(19)12-2-1-9-20-12;/h1-2,9,11,15H,3-8,10H2;1H. The molecule has 7 heteroatoms. The molecule has 0 aromatic carbocycles. The lowest BCUT2D eigenvalue weighted by molar-refractivity contribution is -0.136. The lowest BCUT2D eigenvalue weighted by Gasteiger charge is -2.35. The minimum absolute atomic E-state index is 0. The van der Waals surface area contributed by atoms with Gasteiger partial charge in [-0.2, -0.15) is 0 Å². The van der Waals surface area contributed by atoms with Crippen LogP contribution in [0.15, 0.2) is 22.8 Å². The predicted octanol–water partition coefficient (Wildman–Crippen LogP) is 0.595. The van der Waals surface area contributed by atoms with Crippen LogP contribution in [-0.4, -0.2) is 60.9 Å². The van der Waals surface area contributed by atoms with Crippen molar-refractivity contribution in [1.82, 2.24) is 15.1 Å². The summed E-state index contributed by atoms with van der Waals surface area (Å²) >= 11 is 0. The Morgan fingerprint density at radius 1 is 1.19 bits per heavy atom. The van der Waals surface area contributed by atoms with Crippen LogP contribution in [0.2, 0.25) is 0 Å². The van der Waals surface area contributed by atoms with Gasteiger partial charge in [-0.05, 0) is 25.1 Å². The number of furan rings is 1. The van der Waals surface area contributed by atoms with Gasteiger partial charge in [0.25, 0.3) is 5.91 Å². The number of halogens is 1. The molecule has 1 unspecified atom stereocenters. The molecule has 3 heterocycles. The van der Waals surface area contributed by atoms with Crippen LogP contribution in [0.5, 0.6) is 0 Å². The second kappa shape index (κ2) is 6.95. The zero-order chi connectivity index (χ0) is 13.9. The molecule has 6 nitrogen and oxygen atoms in total. The van der Waals surface area contributed by atoms with Crippen molar-refractivity contribution in [2.45, 2.75) is 6.42 Å². The highest BCUT2D eigenvalue weighted by molar-refractivity contribution is 5.91. The van der Waals surface area contributed by atoms with Crippen LogP contribution in [0.3, 0.4) is 0 Å². The summed E-state index contributed by atoms with van der Waals surface area (Å²) in [6.07, 6.45) is 2.42. The highest BCUT2D eigenvalue weighted by atomic mass is 35.5. The van der Waals surface area contributed by atoms with Crippen LogP contribution < -0.4 is 5.32 Å². The van der Waals surface area contributed by atoms with Crippen LogP contribution in [0.25, 0.3) is 0 Å². The Bertz CT molecular complexity index is 478. The highest BCUT2D eigenvalue weighted by Crippen LogP contribution is 2.15. The second-order valence-corrected chi connectivity index (χ2v) is 5.28. The number of carbonyl (C=O) groups excluding carboxylic acids is 2. The average molecular weight is 314 g/mol. The monoisotopic (exact) mass is 313 g/mol. The van der Waals surface area contributed by atoms with Gasteiger partial charge in [0, 0.05) is 32.7 Å². The van der Waals surface area contributed by atoms with E-state index in [0.717, 1.165) is 19.5 Å². The first kappa shape index (κ1) is 15.9. The van der Waals surface area contributed by atoms with E-state index in [4.69, 9.17) is 4.42 Å². The molecule has 2 aliphatic rings. The predicted molar refractivity (Wildman–Crippen MR) is 79.4 cm³/mol. The van der Waals surface area contributed by atoms with Crippen LogP contribution >= 0.6 is 12.4 Å². The Balaban J connectivity index is 0.00000161. The van der Waals surface area contributed by atoms with Crippen molar-refractivity contribution in [3.05, 3.63) is 24.2 Å². The van der Waals surface area contributed by atoms with Crippen LogP contribution in [-0.2, 0) is 4.79 Å². The van der Waals surface area contributed by atoms with Gasteiger partial charge in [0.2, 0.25) is 5.91 Å². The zero-order valence-corrected chi connectivity index (χ0v) is 12.6. The molecule has 2 amide bonds. The number of rotatable bonds is 2. The molecule has 1 atom stereocenters. The first-order valence-corrected chi connectivity index (χ1v) is 7.08. The van der Waals surface area contributed by atoms with Gasteiger partial charge in [0.15, 0.2) is 5.76 Å². The lowest BCUT2D eigenvalue weighted by Crippen LogP contribution is -2.52. The van der Waals surface area contributed by atoms with Crippen LogP contribution in [0, 0.1) is 5.92 Å². The minimum atomic E-state index is -0.0929. The molecule has 0 aliphatic carbocycles. The molecule has 1 N–H and O–H groups in total. The summed E-state index contributed by atoms with van der Waals surface area (Å²) in [7, 11) is 0. The quantitative estimate of drug-likeness (QED) is 0.868. The van der Waals surface area contributed by atoms with Crippen molar-refractivity contribution in [2.24, 2.45) is 5.92 Å². The maximum absolute atomic E-state index is 12.3. The molecule has 21 heavy (non-hydrogen) atoms. The summed E-state index contributed by atoms with van der Waals surface area (Å²) in [6, 6.07) is 3.38. The topological polar surface area (TPSA) is 65.8 Å². The van der Waals surface area contributed by atoms with E-state index >= 15 is 0 Å². The summed E-state index contributed by atoms with van der Waals surface area (Å²) in [5.74, 6) is 0.608. The smallest absolute Gasteiger partial charge is 0.289 e. The highest BCUT2D eigenvalue weighted by Gasteiger charge is 2.31. The van der Waals surface area contributed by atoms with Crippen molar-refractivity contribution in [3.8, 4) is 0 Å². The van der Waals surface area contributed by atoms with Gasteiger partial charge in [-0.15, -0.1) is 12.4 Å². The molecular weight excluding hydrogens is 294 g/mol. The summed E-state index contributed by atoms with van der Waals surface area (Å²) in [6.45, 7) is 4.08. The fraction of sp³-hybridized carbons (Fsp3) is 0.571. The third kappa shape index (κ3) is 3.39. The first-order valence-electron chi connectivity index (χ1n) is 7.08. The Labute approximate surface area is 129 Å². The van der Waals surface area contributed by atoms with Crippen molar-refractivity contribution < 1.29 is 14.0 Å². The van der Waals surface area contributed by atoms with E-state index in [0.29, 0.717) is 31.9 Å². The number of amides is 2. The van der Waals surface area contributed by atoms with Crippen LogP contribution in [0.4, 0.5) is 0 Å². The SMILES string of the molecule is Cl.O=C(c1ccco1)N1CCN(C(=O)C2CCNC2)CC1. The average Bonchev–Trinajstić information content (AvgIpc) is 3.18. The molecule has 1 aromatic rings. The fourth-order valence-electron chi connectivity index (χ4n) is 2.81. The number of hydrogen-bond acceptors (Lipinski definition) is 4. The second-order valence-electron chi connectivity index (χ2n) is 5.28. The minimum Gasteiger partial charge on any atom is -0.459 e. The van der Waals surface area contributed by atoms with Gasteiger partial charge >= 0.3 is 0 Å². The molecule has 0 spiro atoms. The van der Waals surface area contributed by atoms with Crippen molar-refractivity contribution >= 4 is 24.2 Å². The van der Waals surface area contributed by atoms with E-state index in [9.17, 15) is 9.59 Å². The maximum Gasteiger partial charge on any atom is 0.289 e. The molecular formula is C14H20ClN3O3. The molecule has 3 rings (SSSR count). The first-order chi connectivity index (χ1) is 9.75. The molecule has 0 saturated carbocycles. The summed E-state index contributed by atoms with van der Waals surface area (Å²) in [5.41, 5.74) is 0. The van der Waals surface area contributed by atoms with Crippen molar-refractivity contribution in [2.75, 3.05) is 39.3 Å². The molecule has 2 aliphatic heterocycles. The Morgan fingerprint density at radius 3 is 2.48 bits per heavy atom. The van der Waals surface area contributed by atoms with E-state index in [-0.39, 0.29) is 30.1 Å². The third-order valence-corrected chi connectivity index (χ3v) is 4.02. The third-order valence-electron chi connectivity index (χ3n) is 4.02. The van der Waals surface area contributed by atoms with E-state index in [1.165, 1.54) is 6.26 Å². The molecule has 116 valence electrons. The number of piperazine rings is 1. The molecule has 1 aromatic heterocycles. The van der Waals surface area contributed by atoms with Crippen molar-refractivity contribution in [1.29, 1.82) is 0 Å². The summed E-state index contributed by atoms with van der Waals surface area (Å²) in [4.78, 5) is 28.0. The maximum atomic E-state index is 12.3. The van der Waals surface area contributed by atoms with Gasteiger partial charge in [0.1, 0.15) is 0 Å². The molecule has 2 saturated heterocycles. The van der Waals surface area contributed by atoms with Gasteiger partial charge < -0.3 is 19.5 Å². The number of hydrogen-bond donors (Lipinski definition) is 1. The van der Waals surface area contributed by atoms with Gasteiger partial charge in [0.05, 0.1) is 12.2 Å². The summed E-state index contributed by atoms with van der Waals surface area (Å²) < 4.78 is 5.12. The lowest BCUT2D eigenvalue weighted by atomic mass is 10.1.